The number of esters is 1. The van der Waals surface area contributed by atoms with Crippen LogP contribution in [-0.2, 0) is 9.53 Å². The van der Waals surface area contributed by atoms with Crippen LogP contribution >= 0.6 is 50.5 Å². The highest BCUT2D eigenvalue weighted by Gasteiger charge is 2.34. The highest BCUT2D eigenvalue weighted by atomic mass is 79.9. The van der Waals surface area contributed by atoms with Crippen molar-refractivity contribution in [3.63, 3.8) is 0 Å². The Labute approximate surface area is 258 Å². The van der Waals surface area contributed by atoms with E-state index in [1.807, 2.05) is 19.1 Å². The Bertz CT molecular complexity index is 1860. The molecule has 4 aromatic rings. The first-order chi connectivity index (χ1) is 19.7. The number of halogens is 3. The Kier molecular flexibility index (Phi) is 8.89. The number of thiazole rings is 1. The van der Waals surface area contributed by atoms with Gasteiger partial charge in [-0.15, -0.1) is 0 Å². The Morgan fingerprint density at radius 2 is 1.98 bits per heavy atom. The topological polar surface area (TPSA) is 83.0 Å². The van der Waals surface area contributed by atoms with Gasteiger partial charge < -0.3 is 13.9 Å². The second-order valence-corrected chi connectivity index (χ2v) is 11.8. The van der Waals surface area contributed by atoms with Gasteiger partial charge in [0.25, 0.3) is 5.56 Å². The molecule has 11 heteroatoms. The highest BCUT2D eigenvalue weighted by Crippen LogP contribution is 2.36. The van der Waals surface area contributed by atoms with E-state index in [0.717, 1.165) is 12.0 Å². The molecule has 0 bridgehead atoms. The summed E-state index contributed by atoms with van der Waals surface area (Å²) in [6.45, 7) is 3.96. The minimum Gasteiger partial charge on any atom is -0.496 e. The molecule has 0 amide bonds. The van der Waals surface area contributed by atoms with Crippen LogP contribution in [0.5, 0.6) is 5.75 Å². The van der Waals surface area contributed by atoms with E-state index in [-0.39, 0.29) is 12.2 Å². The van der Waals surface area contributed by atoms with Crippen molar-refractivity contribution in [3.05, 3.63) is 105 Å². The first-order valence-electron chi connectivity index (χ1n) is 12.9. The zero-order valence-electron chi connectivity index (χ0n) is 22.4. The summed E-state index contributed by atoms with van der Waals surface area (Å²) in [5.41, 5.74) is 2.06. The maximum Gasteiger partial charge on any atom is 0.338 e. The van der Waals surface area contributed by atoms with Gasteiger partial charge in [0.05, 0.1) is 45.1 Å². The number of carbonyl (C=O) groups is 1. The quantitative estimate of drug-likeness (QED) is 0.190. The number of benzene rings is 2. The lowest BCUT2D eigenvalue weighted by Crippen LogP contribution is -2.40. The van der Waals surface area contributed by atoms with Gasteiger partial charge in [0.1, 0.15) is 17.3 Å². The molecule has 5 rings (SSSR count). The number of hydrogen-bond acceptors (Lipinski definition) is 7. The van der Waals surface area contributed by atoms with Crippen LogP contribution in [0.25, 0.3) is 17.4 Å². The Balaban J connectivity index is 1.68. The van der Waals surface area contributed by atoms with E-state index in [4.69, 9.17) is 42.1 Å². The molecular formula is C30H25BrCl2N2O5S. The van der Waals surface area contributed by atoms with Crippen LogP contribution in [0.1, 0.15) is 44.1 Å². The van der Waals surface area contributed by atoms with E-state index in [1.165, 1.54) is 11.3 Å². The molecule has 3 heterocycles. The van der Waals surface area contributed by atoms with Gasteiger partial charge in [-0.1, -0.05) is 53.9 Å². The van der Waals surface area contributed by atoms with Crippen LogP contribution in [0.3, 0.4) is 0 Å². The molecule has 0 fully saturated rings. The van der Waals surface area contributed by atoms with E-state index in [0.29, 0.717) is 64.4 Å². The summed E-state index contributed by atoms with van der Waals surface area (Å²) < 4.78 is 19.5. The maximum atomic E-state index is 14.0. The summed E-state index contributed by atoms with van der Waals surface area (Å²) in [5, 5.41) is 0.980. The van der Waals surface area contributed by atoms with Gasteiger partial charge in [-0.3, -0.25) is 9.36 Å². The van der Waals surface area contributed by atoms with Crippen molar-refractivity contribution in [3.8, 4) is 17.1 Å². The summed E-state index contributed by atoms with van der Waals surface area (Å²) in [6.07, 6.45) is 2.99. The Morgan fingerprint density at radius 1 is 1.17 bits per heavy atom. The fraction of sp³-hybridized carbons (Fsp3) is 0.233. The monoisotopic (exact) mass is 674 g/mol. The molecule has 1 atom stereocenters. The lowest BCUT2D eigenvalue weighted by atomic mass is 9.94. The largest absolute Gasteiger partial charge is 0.496 e. The van der Waals surface area contributed by atoms with Crippen LogP contribution in [0.15, 0.2) is 78.5 Å². The SMILES string of the molecule is CCCC1=C(C(=O)OCC)C(c2ccc(OC)c(Br)c2)n2c(s/c(=C\c3ccc(-c4ccc(Cl)cc4Cl)o3)c2=O)=N1. The van der Waals surface area contributed by atoms with Crippen LogP contribution in [0, 0.1) is 0 Å². The lowest BCUT2D eigenvalue weighted by molar-refractivity contribution is -0.139. The zero-order valence-corrected chi connectivity index (χ0v) is 26.3. The molecule has 0 N–H and O–H groups in total. The van der Waals surface area contributed by atoms with E-state index < -0.39 is 12.0 Å². The third-order valence-electron chi connectivity index (χ3n) is 6.48. The smallest absolute Gasteiger partial charge is 0.338 e. The van der Waals surface area contributed by atoms with Gasteiger partial charge in [-0.25, -0.2) is 9.79 Å². The molecular weight excluding hydrogens is 651 g/mol. The van der Waals surface area contributed by atoms with Crippen LogP contribution in [0.4, 0.5) is 0 Å². The maximum absolute atomic E-state index is 14.0. The van der Waals surface area contributed by atoms with Crippen LogP contribution in [0.2, 0.25) is 10.0 Å². The normalized spacial score (nSPS) is 15.1. The van der Waals surface area contributed by atoms with Gasteiger partial charge in [0, 0.05) is 16.7 Å². The molecule has 1 unspecified atom stereocenters. The summed E-state index contributed by atoms with van der Waals surface area (Å²) in [4.78, 5) is 32.6. The zero-order chi connectivity index (χ0) is 29.3. The third kappa shape index (κ3) is 5.81. The number of furan rings is 1. The average Bonchev–Trinajstić information content (AvgIpc) is 3.52. The third-order valence-corrected chi connectivity index (χ3v) is 8.63. The molecule has 2 aromatic heterocycles. The van der Waals surface area contributed by atoms with Crippen molar-refractivity contribution in [2.45, 2.75) is 32.7 Å². The number of carbonyl (C=O) groups excluding carboxylic acids is 1. The van der Waals surface area contributed by atoms with Crippen molar-refractivity contribution in [1.82, 2.24) is 4.57 Å². The molecule has 0 aliphatic carbocycles. The van der Waals surface area contributed by atoms with Gasteiger partial charge in [0.2, 0.25) is 0 Å². The Hall–Kier alpha value is -3.11. The molecule has 7 nitrogen and oxygen atoms in total. The van der Waals surface area contributed by atoms with E-state index in [1.54, 1.807) is 61.1 Å². The molecule has 0 radical (unpaired) electrons. The minimum atomic E-state index is -0.740. The van der Waals surface area contributed by atoms with Crippen molar-refractivity contribution < 1.29 is 18.7 Å². The minimum absolute atomic E-state index is 0.198. The van der Waals surface area contributed by atoms with E-state index in [9.17, 15) is 9.59 Å². The first-order valence-corrected chi connectivity index (χ1v) is 15.2. The van der Waals surface area contributed by atoms with E-state index >= 15 is 0 Å². The van der Waals surface area contributed by atoms with Crippen molar-refractivity contribution in [1.29, 1.82) is 0 Å². The Morgan fingerprint density at radius 3 is 2.66 bits per heavy atom. The number of fused-ring (bicyclic) bond motifs is 1. The molecule has 41 heavy (non-hydrogen) atoms. The van der Waals surface area contributed by atoms with Crippen molar-refractivity contribution in [2.75, 3.05) is 13.7 Å². The number of aromatic nitrogens is 1. The number of ether oxygens (including phenoxy) is 2. The summed E-state index contributed by atoms with van der Waals surface area (Å²) in [7, 11) is 1.58. The molecule has 0 saturated carbocycles. The van der Waals surface area contributed by atoms with E-state index in [2.05, 4.69) is 15.9 Å². The number of hydrogen-bond donors (Lipinski definition) is 0. The molecule has 2 aromatic carbocycles. The average molecular weight is 676 g/mol. The second kappa shape index (κ2) is 12.4. The number of rotatable bonds is 8. The fourth-order valence-electron chi connectivity index (χ4n) is 4.68. The van der Waals surface area contributed by atoms with Crippen molar-refractivity contribution >= 4 is 62.5 Å². The van der Waals surface area contributed by atoms with Gasteiger partial charge >= 0.3 is 5.97 Å². The van der Waals surface area contributed by atoms with Gasteiger partial charge in [-0.05, 0) is 77.3 Å². The van der Waals surface area contributed by atoms with Gasteiger partial charge in [-0.2, -0.15) is 0 Å². The molecule has 0 spiro atoms. The molecule has 0 saturated heterocycles. The summed E-state index contributed by atoms with van der Waals surface area (Å²) >= 11 is 17.2. The molecule has 1 aliphatic rings. The lowest BCUT2D eigenvalue weighted by Gasteiger charge is -2.26. The number of allylic oxidation sites excluding steroid dienone is 1. The predicted molar refractivity (Wildman–Crippen MR) is 164 cm³/mol. The second-order valence-electron chi connectivity index (χ2n) is 9.13. The standard InChI is InChI=1S/C30H25BrCl2N2O5S/c1-4-6-22-26(29(37)39-5-2)27(16-7-11-24(38-3)20(31)13-16)35-28(36)25(41-30(35)34-22)15-18-9-12-23(40-18)19-10-8-17(32)14-21(19)33/h7-15,27H,4-6H2,1-3H3/b25-15-. The highest BCUT2D eigenvalue weighted by molar-refractivity contribution is 9.10. The van der Waals surface area contributed by atoms with Crippen molar-refractivity contribution in [2.24, 2.45) is 4.99 Å². The number of nitrogens with zero attached hydrogens (tertiary/aromatic N) is 2. The first kappa shape index (κ1) is 29.4. The van der Waals surface area contributed by atoms with Crippen LogP contribution in [-0.4, -0.2) is 24.3 Å². The summed E-state index contributed by atoms with van der Waals surface area (Å²) in [6, 6.07) is 13.5. The fourth-order valence-corrected chi connectivity index (χ4v) is 6.74. The molecule has 1 aliphatic heterocycles. The molecule has 212 valence electrons. The van der Waals surface area contributed by atoms with Gasteiger partial charge in [0.15, 0.2) is 4.80 Å². The summed E-state index contributed by atoms with van der Waals surface area (Å²) in [5.74, 6) is 1.15. The number of methoxy groups -OCH3 is 1. The predicted octanol–water partition coefficient (Wildman–Crippen LogP) is 6.92. The van der Waals surface area contributed by atoms with Crippen LogP contribution < -0.4 is 19.6 Å².